The molecule has 3 N–H and O–H groups in total. The minimum absolute atomic E-state index is 0.0697. The van der Waals surface area contributed by atoms with E-state index in [1.165, 1.54) is 23.6 Å². The molecule has 10 heteroatoms. The van der Waals surface area contributed by atoms with Crippen molar-refractivity contribution in [3.63, 3.8) is 0 Å². The van der Waals surface area contributed by atoms with Crippen LogP contribution in [0.1, 0.15) is 6.92 Å². The summed E-state index contributed by atoms with van der Waals surface area (Å²) in [7, 11) is -3.40. The van der Waals surface area contributed by atoms with Crippen LogP contribution >= 0.6 is 11.8 Å². The SMILES string of the molecule is CCS(=O)(=O)C1CSCCN1C(=O)NC[C@H](O)C(=O)O. The number of aliphatic hydroxyl groups excluding tert-OH is 1. The topological polar surface area (TPSA) is 124 Å². The van der Waals surface area contributed by atoms with Gasteiger partial charge in [0.2, 0.25) is 0 Å². The van der Waals surface area contributed by atoms with Gasteiger partial charge < -0.3 is 20.4 Å². The van der Waals surface area contributed by atoms with Crippen LogP contribution in [0.3, 0.4) is 0 Å². The molecule has 116 valence electrons. The normalized spacial score (nSPS) is 21.3. The highest BCUT2D eigenvalue weighted by Crippen LogP contribution is 2.21. The smallest absolute Gasteiger partial charge is 0.334 e. The lowest BCUT2D eigenvalue weighted by Gasteiger charge is -2.34. The molecule has 0 aromatic heterocycles. The van der Waals surface area contributed by atoms with E-state index in [0.29, 0.717) is 11.5 Å². The number of hydrogen-bond acceptors (Lipinski definition) is 6. The summed E-state index contributed by atoms with van der Waals surface area (Å²) >= 11 is 1.45. The molecular weight excluding hydrogens is 308 g/mol. The Balaban J connectivity index is 2.71. The Labute approximate surface area is 121 Å². The highest BCUT2D eigenvalue weighted by Gasteiger charge is 2.35. The van der Waals surface area contributed by atoms with Gasteiger partial charge in [0.15, 0.2) is 15.9 Å². The highest BCUT2D eigenvalue weighted by molar-refractivity contribution is 8.01. The number of carbonyl (C=O) groups is 2. The van der Waals surface area contributed by atoms with Gasteiger partial charge in [-0.15, -0.1) is 0 Å². The van der Waals surface area contributed by atoms with Crippen molar-refractivity contribution in [3.05, 3.63) is 0 Å². The van der Waals surface area contributed by atoms with Gasteiger partial charge in [0.05, 0.1) is 6.54 Å². The van der Waals surface area contributed by atoms with Gasteiger partial charge >= 0.3 is 12.0 Å². The Morgan fingerprint density at radius 2 is 2.15 bits per heavy atom. The van der Waals surface area contributed by atoms with E-state index in [2.05, 4.69) is 5.32 Å². The van der Waals surface area contributed by atoms with Crippen molar-refractivity contribution >= 4 is 33.6 Å². The largest absolute Gasteiger partial charge is 0.479 e. The molecule has 1 rings (SSSR count). The molecule has 8 nitrogen and oxygen atoms in total. The van der Waals surface area contributed by atoms with Crippen LogP contribution < -0.4 is 5.32 Å². The number of nitrogens with zero attached hydrogens (tertiary/aromatic N) is 1. The van der Waals surface area contributed by atoms with Gasteiger partial charge in [-0.2, -0.15) is 11.8 Å². The van der Waals surface area contributed by atoms with Crippen LogP contribution in [0.25, 0.3) is 0 Å². The van der Waals surface area contributed by atoms with Crippen LogP contribution in [0.4, 0.5) is 4.79 Å². The molecule has 1 fully saturated rings. The van der Waals surface area contributed by atoms with Gasteiger partial charge in [0, 0.05) is 23.8 Å². The summed E-state index contributed by atoms with van der Waals surface area (Å²) in [5.74, 6) is -0.604. The number of aliphatic carboxylic acids is 1. The summed E-state index contributed by atoms with van der Waals surface area (Å²) in [5.41, 5.74) is 0. The molecular formula is C10H18N2O6S2. The second-order valence-electron chi connectivity index (χ2n) is 4.21. The summed E-state index contributed by atoms with van der Waals surface area (Å²) in [6.45, 7) is 1.32. The number of carboxylic acid groups (broad SMARTS) is 1. The first-order chi connectivity index (χ1) is 9.29. The first-order valence-corrected chi connectivity index (χ1v) is 8.91. The minimum Gasteiger partial charge on any atom is -0.479 e. The lowest BCUT2D eigenvalue weighted by molar-refractivity contribution is -0.146. The fraction of sp³-hybridized carbons (Fsp3) is 0.800. The van der Waals surface area contributed by atoms with E-state index in [0.717, 1.165) is 0 Å². The number of amides is 2. The molecule has 1 aliphatic heterocycles. The first kappa shape index (κ1) is 17.1. The second kappa shape index (κ2) is 7.14. The van der Waals surface area contributed by atoms with Crippen molar-refractivity contribution < 1.29 is 28.2 Å². The van der Waals surface area contributed by atoms with Gasteiger partial charge in [-0.05, 0) is 0 Å². The maximum Gasteiger partial charge on any atom is 0.334 e. The molecule has 0 spiro atoms. The number of carbonyl (C=O) groups excluding carboxylic acids is 1. The third-order valence-electron chi connectivity index (χ3n) is 2.89. The molecule has 20 heavy (non-hydrogen) atoms. The van der Waals surface area contributed by atoms with Gasteiger partial charge in [0.25, 0.3) is 0 Å². The van der Waals surface area contributed by atoms with Gasteiger partial charge in [-0.25, -0.2) is 18.0 Å². The summed E-state index contributed by atoms with van der Waals surface area (Å²) in [5, 5.41) is 18.9. The minimum atomic E-state index is -3.40. The van der Waals surface area contributed by atoms with Crippen LogP contribution in [0.5, 0.6) is 0 Å². The van der Waals surface area contributed by atoms with Gasteiger partial charge in [-0.1, -0.05) is 6.92 Å². The van der Waals surface area contributed by atoms with Crippen molar-refractivity contribution in [2.24, 2.45) is 0 Å². The van der Waals surface area contributed by atoms with E-state index < -0.39 is 39.9 Å². The molecule has 1 unspecified atom stereocenters. The molecule has 0 aromatic carbocycles. The van der Waals surface area contributed by atoms with Crippen molar-refractivity contribution in [1.82, 2.24) is 10.2 Å². The number of carboxylic acids is 1. The quantitative estimate of drug-likeness (QED) is 0.589. The third kappa shape index (κ3) is 4.25. The Morgan fingerprint density at radius 1 is 1.50 bits per heavy atom. The number of aliphatic hydroxyl groups is 1. The van der Waals surface area contributed by atoms with Gasteiger partial charge in [0.1, 0.15) is 5.37 Å². The summed E-state index contributed by atoms with van der Waals surface area (Å²) < 4.78 is 23.9. The van der Waals surface area contributed by atoms with Gasteiger partial charge in [-0.3, -0.25) is 0 Å². The summed E-state index contributed by atoms with van der Waals surface area (Å²) in [6, 6.07) is -0.673. The zero-order valence-electron chi connectivity index (χ0n) is 11.0. The maximum atomic E-state index is 11.9. The predicted molar refractivity (Wildman–Crippen MR) is 74.3 cm³/mol. The van der Waals surface area contributed by atoms with Crippen LogP contribution in [0.2, 0.25) is 0 Å². The van der Waals surface area contributed by atoms with Crippen molar-refractivity contribution in [2.75, 3.05) is 30.3 Å². The number of thioether (sulfide) groups is 1. The average molecular weight is 326 g/mol. The zero-order valence-corrected chi connectivity index (χ0v) is 12.6. The zero-order chi connectivity index (χ0) is 15.3. The molecule has 0 aliphatic carbocycles. The lowest BCUT2D eigenvalue weighted by Crippen LogP contribution is -2.55. The third-order valence-corrected chi connectivity index (χ3v) is 6.18. The van der Waals surface area contributed by atoms with Crippen LogP contribution in [-0.4, -0.2) is 77.4 Å². The number of sulfone groups is 1. The summed E-state index contributed by atoms with van der Waals surface area (Å²) in [4.78, 5) is 23.6. The number of rotatable bonds is 5. The molecule has 0 aromatic rings. The molecule has 0 radical (unpaired) electrons. The van der Waals surface area contributed by atoms with Crippen molar-refractivity contribution in [2.45, 2.75) is 18.4 Å². The van der Waals surface area contributed by atoms with E-state index in [1.54, 1.807) is 0 Å². The molecule has 0 saturated carbocycles. The van der Waals surface area contributed by atoms with Crippen LogP contribution in [-0.2, 0) is 14.6 Å². The van der Waals surface area contributed by atoms with Crippen LogP contribution in [0.15, 0.2) is 0 Å². The predicted octanol–water partition coefficient (Wildman–Crippen LogP) is -1.05. The van der Waals surface area contributed by atoms with Crippen LogP contribution in [0, 0.1) is 0 Å². The Morgan fingerprint density at radius 3 is 2.70 bits per heavy atom. The number of nitrogens with one attached hydrogen (secondary N) is 1. The Hall–Kier alpha value is -1.00. The molecule has 1 heterocycles. The number of urea groups is 1. The molecule has 0 bridgehead atoms. The second-order valence-corrected chi connectivity index (χ2v) is 7.81. The van der Waals surface area contributed by atoms with E-state index in [-0.39, 0.29) is 12.3 Å². The monoisotopic (exact) mass is 326 g/mol. The molecule has 2 amide bonds. The Bertz CT molecular complexity index is 466. The van der Waals surface area contributed by atoms with E-state index in [4.69, 9.17) is 10.2 Å². The standard InChI is InChI=1S/C10H18N2O6S2/c1-2-20(17,18)8-6-19-4-3-12(8)10(16)11-5-7(13)9(14)15/h7-8,13H,2-6H2,1H3,(H,11,16)(H,14,15)/t7-,8?/m0/s1. The molecule has 1 aliphatic rings. The maximum absolute atomic E-state index is 11.9. The number of hydrogen-bond donors (Lipinski definition) is 3. The highest BCUT2D eigenvalue weighted by atomic mass is 32.2. The van der Waals surface area contributed by atoms with Crippen molar-refractivity contribution in [1.29, 1.82) is 0 Å². The average Bonchev–Trinajstić information content (AvgIpc) is 2.44. The van der Waals surface area contributed by atoms with Crippen molar-refractivity contribution in [3.8, 4) is 0 Å². The fourth-order valence-electron chi connectivity index (χ4n) is 1.68. The van der Waals surface area contributed by atoms with E-state index in [1.807, 2.05) is 0 Å². The summed E-state index contributed by atoms with van der Waals surface area (Å²) in [6.07, 6.45) is -1.71. The van der Waals surface area contributed by atoms with E-state index >= 15 is 0 Å². The first-order valence-electron chi connectivity index (χ1n) is 6.04. The molecule has 1 saturated heterocycles. The lowest BCUT2D eigenvalue weighted by atomic mass is 10.3. The molecule has 2 atom stereocenters. The Kier molecular flexibility index (Phi) is 6.08. The van der Waals surface area contributed by atoms with E-state index in [9.17, 15) is 18.0 Å². The fourth-order valence-corrected chi connectivity index (χ4v) is 4.64.